The van der Waals surface area contributed by atoms with E-state index in [2.05, 4.69) is 14.8 Å². The highest BCUT2D eigenvalue weighted by Crippen LogP contribution is 2.32. The number of aryl methyl sites for hydroxylation is 1. The number of hydrogen-bond acceptors (Lipinski definition) is 3. The molecule has 2 N–H and O–H groups in total. The van der Waals surface area contributed by atoms with E-state index in [1.54, 1.807) is 0 Å². The van der Waals surface area contributed by atoms with Crippen molar-refractivity contribution in [2.24, 2.45) is 5.73 Å². The van der Waals surface area contributed by atoms with Crippen LogP contribution in [0, 0.1) is 0 Å². The van der Waals surface area contributed by atoms with Crippen molar-refractivity contribution in [1.29, 1.82) is 0 Å². The maximum absolute atomic E-state index is 6.22. The van der Waals surface area contributed by atoms with Gasteiger partial charge in [-0.05, 0) is 25.7 Å². The first-order chi connectivity index (χ1) is 7.86. The normalized spacial score (nSPS) is 30.1. The molecule has 1 fully saturated rings. The minimum atomic E-state index is 0.295. The third-order valence-corrected chi connectivity index (χ3v) is 4.04. The first-order valence-electron chi connectivity index (χ1n) is 6.54. The molecule has 88 valence electrons. The number of aromatic nitrogens is 3. The maximum Gasteiger partial charge on any atom is 0.137 e. The summed E-state index contributed by atoms with van der Waals surface area (Å²) in [4.78, 5) is 0. The Morgan fingerprint density at radius 2 is 1.94 bits per heavy atom. The number of rotatable bonds is 1. The molecule has 1 saturated carbocycles. The van der Waals surface area contributed by atoms with E-state index >= 15 is 0 Å². The van der Waals surface area contributed by atoms with Gasteiger partial charge in [-0.2, -0.15) is 0 Å². The molecule has 3 rings (SSSR count). The first-order valence-corrected chi connectivity index (χ1v) is 6.54. The molecule has 4 nitrogen and oxygen atoms in total. The van der Waals surface area contributed by atoms with Crippen molar-refractivity contribution in [3.8, 4) is 0 Å². The minimum Gasteiger partial charge on any atom is -0.327 e. The Hall–Kier alpha value is -0.900. The standard InChI is InChI=1S/C12H20N4/c13-10-6-2-1-5-9(10)12-15-14-11-7-3-4-8-16(11)12/h9-10H,1-8,13H2. The molecule has 2 aliphatic rings. The Bertz CT molecular complexity index is 371. The molecule has 2 atom stereocenters. The van der Waals surface area contributed by atoms with E-state index in [1.807, 2.05) is 0 Å². The number of hydrogen-bond donors (Lipinski definition) is 1. The first kappa shape index (κ1) is 10.3. The van der Waals surface area contributed by atoms with Gasteiger partial charge in [0.05, 0.1) is 0 Å². The van der Waals surface area contributed by atoms with Crippen LogP contribution in [-0.2, 0) is 13.0 Å². The summed E-state index contributed by atoms with van der Waals surface area (Å²) in [7, 11) is 0. The number of fused-ring (bicyclic) bond motifs is 1. The molecule has 1 aromatic rings. The Morgan fingerprint density at radius 3 is 2.81 bits per heavy atom. The summed E-state index contributed by atoms with van der Waals surface area (Å²) in [5.74, 6) is 2.80. The van der Waals surface area contributed by atoms with Crippen molar-refractivity contribution in [2.75, 3.05) is 0 Å². The molecule has 0 bridgehead atoms. The van der Waals surface area contributed by atoms with E-state index in [0.717, 1.165) is 19.4 Å². The molecule has 0 aromatic carbocycles. The monoisotopic (exact) mass is 220 g/mol. The molecule has 16 heavy (non-hydrogen) atoms. The average molecular weight is 220 g/mol. The van der Waals surface area contributed by atoms with Crippen LogP contribution in [0.25, 0.3) is 0 Å². The second-order valence-electron chi connectivity index (χ2n) is 5.14. The summed E-state index contributed by atoms with van der Waals surface area (Å²) >= 11 is 0. The molecule has 1 aromatic heterocycles. The highest BCUT2D eigenvalue weighted by atomic mass is 15.3. The molecular formula is C12H20N4. The van der Waals surface area contributed by atoms with Gasteiger partial charge in [0.2, 0.25) is 0 Å². The lowest BCUT2D eigenvalue weighted by Crippen LogP contribution is -2.33. The number of nitrogens with two attached hydrogens (primary N) is 1. The minimum absolute atomic E-state index is 0.295. The van der Waals surface area contributed by atoms with Crippen LogP contribution < -0.4 is 5.73 Å². The van der Waals surface area contributed by atoms with Gasteiger partial charge >= 0.3 is 0 Å². The lowest BCUT2D eigenvalue weighted by Gasteiger charge is -2.28. The average Bonchev–Trinajstić information content (AvgIpc) is 2.74. The zero-order valence-corrected chi connectivity index (χ0v) is 9.73. The molecule has 0 amide bonds. The van der Waals surface area contributed by atoms with E-state index in [0.29, 0.717) is 12.0 Å². The molecule has 0 spiro atoms. The van der Waals surface area contributed by atoms with Crippen LogP contribution in [0.4, 0.5) is 0 Å². The Morgan fingerprint density at radius 1 is 1.06 bits per heavy atom. The van der Waals surface area contributed by atoms with E-state index in [-0.39, 0.29) is 0 Å². The van der Waals surface area contributed by atoms with Gasteiger partial charge in [-0.1, -0.05) is 12.8 Å². The van der Waals surface area contributed by atoms with Crippen LogP contribution in [0.3, 0.4) is 0 Å². The summed E-state index contributed by atoms with van der Waals surface area (Å²) in [5, 5.41) is 8.73. The van der Waals surface area contributed by atoms with Crippen LogP contribution in [0.15, 0.2) is 0 Å². The maximum atomic E-state index is 6.22. The van der Waals surface area contributed by atoms with Crippen LogP contribution in [0.5, 0.6) is 0 Å². The van der Waals surface area contributed by atoms with Gasteiger partial charge < -0.3 is 10.3 Å². The van der Waals surface area contributed by atoms with Crippen molar-refractivity contribution in [3.63, 3.8) is 0 Å². The van der Waals surface area contributed by atoms with Crippen molar-refractivity contribution < 1.29 is 0 Å². The van der Waals surface area contributed by atoms with E-state index in [4.69, 9.17) is 5.73 Å². The van der Waals surface area contributed by atoms with Crippen LogP contribution in [0.2, 0.25) is 0 Å². The largest absolute Gasteiger partial charge is 0.327 e. The fourth-order valence-corrected chi connectivity index (χ4v) is 3.09. The molecule has 0 radical (unpaired) electrons. The Kier molecular flexibility index (Phi) is 2.67. The van der Waals surface area contributed by atoms with Crippen molar-refractivity contribution in [1.82, 2.24) is 14.8 Å². The lowest BCUT2D eigenvalue weighted by molar-refractivity contribution is 0.357. The zero-order chi connectivity index (χ0) is 11.0. The van der Waals surface area contributed by atoms with Crippen molar-refractivity contribution >= 4 is 0 Å². The van der Waals surface area contributed by atoms with Crippen LogP contribution in [0.1, 0.15) is 56.1 Å². The lowest BCUT2D eigenvalue weighted by atomic mass is 9.84. The second-order valence-corrected chi connectivity index (χ2v) is 5.14. The second kappa shape index (κ2) is 4.17. The zero-order valence-electron chi connectivity index (χ0n) is 9.73. The SMILES string of the molecule is NC1CCCCC1c1nnc2n1CCCC2. The fraction of sp³-hybridized carbons (Fsp3) is 0.833. The molecular weight excluding hydrogens is 200 g/mol. The van der Waals surface area contributed by atoms with Gasteiger partial charge in [-0.15, -0.1) is 10.2 Å². The highest BCUT2D eigenvalue weighted by Gasteiger charge is 2.29. The van der Waals surface area contributed by atoms with E-state index < -0.39 is 0 Å². The summed E-state index contributed by atoms with van der Waals surface area (Å²) in [6.45, 7) is 1.10. The van der Waals surface area contributed by atoms with Crippen molar-refractivity contribution in [3.05, 3.63) is 11.6 Å². The third kappa shape index (κ3) is 1.65. The topological polar surface area (TPSA) is 56.7 Å². The fourth-order valence-electron chi connectivity index (χ4n) is 3.09. The van der Waals surface area contributed by atoms with Gasteiger partial charge in [-0.25, -0.2) is 0 Å². The number of nitrogens with zero attached hydrogens (tertiary/aromatic N) is 3. The molecule has 2 heterocycles. The van der Waals surface area contributed by atoms with Crippen molar-refractivity contribution in [2.45, 2.75) is 63.5 Å². The third-order valence-electron chi connectivity index (χ3n) is 4.04. The van der Waals surface area contributed by atoms with Gasteiger partial charge in [0.15, 0.2) is 0 Å². The molecule has 1 aliphatic carbocycles. The van der Waals surface area contributed by atoms with Crippen LogP contribution in [-0.4, -0.2) is 20.8 Å². The van der Waals surface area contributed by atoms with Gasteiger partial charge in [-0.3, -0.25) is 0 Å². The van der Waals surface area contributed by atoms with E-state index in [9.17, 15) is 0 Å². The molecule has 0 saturated heterocycles. The Balaban J connectivity index is 1.90. The summed E-state index contributed by atoms with van der Waals surface area (Å²) in [5.41, 5.74) is 6.22. The predicted octanol–water partition coefficient (Wildman–Crippen LogP) is 1.60. The van der Waals surface area contributed by atoms with Gasteiger partial charge in [0, 0.05) is 24.9 Å². The molecule has 2 unspecified atom stereocenters. The highest BCUT2D eigenvalue weighted by molar-refractivity contribution is 5.08. The van der Waals surface area contributed by atoms with Gasteiger partial charge in [0.1, 0.15) is 11.6 Å². The predicted molar refractivity (Wildman–Crippen MR) is 62.1 cm³/mol. The summed E-state index contributed by atoms with van der Waals surface area (Å²) < 4.78 is 2.33. The molecule has 1 aliphatic heterocycles. The summed E-state index contributed by atoms with van der Waals surface area (Å²) in [6.07, 6.45) is 8.52. The van der Waals surface area contributed by atoms with E-state index in [1.165, 1.54) is 43.8 Å². The quantitative estimate of drug-likeness (QED) is 0.782. The van der Waals surface area contributed by atoms with Gasteiger partial charge in [0.25, 0.3) is 0 Å². The van der Waals surface area contributed by atoms with Crippen LogP contribution >= 0.6 is 0 Å². The molecule has 4 heteroatoms. The summed E-state index contributed by atoms with van der Waals surface area (Å²) in [6, 6.07) is 0.295. The smallest absolute Gasteiger partial charge is 0.137 e. The Labute approximate surface area is 96.2 Å².